The van der Waals surface area contributed by atoms with E-state index in [9.17, 15) is 14.4 Å². The number of hydrogen-bond acceptors (Lipinski definition) is 7. The van der Waals surface area contributed by atoms with Crippen molar-refractivity contribution in [2.75, 3.05) is 17.8 Å². The number of unbranched alkanes of at least 4 members (excludes halogenated alkanes) is 1. The summed E-state index contributed by atoms with van der Waals surface area (Å²) in [6, 6.07) is 12.3. The number of H-pyrrole nitrogens is 1. The molecule has 1 aromatic heterocycles. The maximum Gasteiger partial charge on any atom is 0.325 e. The average molecular weight is 496 g/mol. The second kappa shape index (κ2) is 10.3. The van der Waals surface area contributed by atoms with E-state index < -0.39 is 12.1 Å². The Morgan fingerprint density at radius 1 is 1.17 bits per heavy atom. The standard InChI is InChI=1S/C25H26N4O5S/c1-5-6-14-35-25-26-23(32)21-17-10-7-8-12-19(17)28(15(2)30)24(29(21)27-25)18-11-9-13-20(33-4)22(18)34-16(3)31/h7-13,24H,5-6,14H2,1-4H3/p+1/t24-/m0/s1. The number of aromatic amines is 1. The number of esters is 1. The summed E-state index contributed by atoms with van der Waals surface area (Å²) in [5, 5.41) is 5.20. The van der Waals surface area contributed by atoms with Gasteiger partial charge >= 0.3 is 17.2 Å². The number of aromatic nitrogens is 3. The van der Waals surface area contributed by atoms with Gasteiger partial charge in [-0.2, -0.15) is 0 Å². The first-order valence-electron chi connectivity index (χ1n) is 11.3. The lowest BCUT2D eigenvalue weighted by Crippen LogP contribution is -2.60. The van der Waals surface area contributed by atoms with Gasteiger partial charge in [-0.3, -0.25) is 19.4 Å². The largest absolute Gasteiger partial charge is 0.493 e. The van der Waals surface area contributed by atoms with Gasteiger partial charge in [0.1, 0.15) is 0 Å². The molecule has 0 bridgehead atoms. The van der Waals surface area contributed by atoms with Gasteiger partial charge in [0, 0.05) is 24.7 Å². The van der Waals surface area contributed by atoms with E-state index in [0.29, 0.717) is 33.4 Å². The van der Waals surface area contributed by atoms with E-state index in [4.69, 9.17) is 14.6 Å². The number of para-hydroxylation sites is 2. The number of methoxy groups -OCH3 is 1. The fourth-order valence-electron chi connectivity index (χ4n) is 4.12. The molecular weight excluding hydrogens is 468 g/mol. The second-order valence-electron chi connectivity index (χ2n) is 8.01. The van der Waals surface area contributed by atoms with Crippen molar-refractivity contribution in [2.45, 2.75) is 44.9 Å². The molecule has 0 saturated carbocycles. The van der Waals surface area contributed by atoms with E-state index in [1.54, 1.807) is 52.0 Å². The highest BCUT2D eigenvalue weighted by molar-refractivity contribution is 7.99. The van der Waals surface area contributed by atoms with Crippen LogP contribution in [0.25, 0.3) is 11.3 Å². The number of benzene rings is 2. The molecule has 1 N–H and O–H groups in total. The van der Waals surface area contributed by atoms with Gasteiger partial charge in [0.25, 0.3) is 6.17 Å². The maximum absolute atomic E-state index is 13.4. The lowest BCUT2D eigenvalue weighted by atomic mass is 10.0. The van der Waals surface area contributed by atoms with Crippen LogP contribution in [0.2, 0.25) is 0 Å². The first-order valence-corrected chi connectivity index (χ1v) is 12.3. The molecule has 1 atom stereocenters. The van der Waals surface area contributed by atoms with Crippen LogP contribution in [0.15, 0.2) is 52.4 Å². The van der Waals surface area contributed by atoms with Gasteiger partial charge < -0.3 is 9.47 Å². The fraction of sp³-hybridized carbons (Fsp3) is 0.320. The Hall–Kier alpha value is -3.66. The van der Waals surface area contributed by atoms with Gasteiger partial charge in [0.2, 0.25) is 11.1 Å². The highest BCUT2D eigenvalue weighted by atomic mass is 32.2. The Morgan fingerprint density at radius 3 is 2.63 bits per heavy atom. The van der Waals surface area contributed by atoms with Crippen LogP contribution in [0.4, 0.5) is 5.69 Å². The number of anilines is 1. The molecule has 0 fully saturated rings. The number of carbonyl (C=O) groups is 2. The molecular formula is C25H27N4O5S+. The number of ether oxygens (including phenoxy) is 2. The molecule has 1 aliphatic rings. The van der Waals surface area contributed by atoms with Gasteiger partial charge in [-0.05, 0) is 35.4 Å². The summed E-state index contributed by atoms with van der Waals surface area (Å²) in [5.74, 6) is 0.470. The normalized spacial score (nSPS) is 14.2. The predicted octanol–water partition coefficient (Wildman–Crippen LogP) is 3.46. The minimum Gasteiger partial charge on any atom is -0.493 e. The van der Waals surface area contributed by atoms with Crippen LogP contribution in [0.5, 0.6) is 11.5 Å². The topological polar surface area (TPSA) is 105 Å². The third kappa shape index (κ3) is 4.66. The molecule has 0 aliphatic carbocycles. The number of amides is 1. The van der Waals surface area contributed by atoms with E-state index in [-0.39, 0.29) is 17.2 Å². The fourth-order valence-corrected chi connectivity index (χ4v) is 5.06. The Kier molecular flexibility index (Phi) is 7.20. The molecule has 1 aliphatic heterocycles. The number of fused-ring (bicyclic) bond motifs is 3. The second-order valence-corrected chi connectivity index (χ2v) is 9.09. The zero-order valence-corrected chi connectivity index (χ0v) is 20.8. The molecule has 9 nitrogen and oxygen atoms in total. The van der Waals surface area contributed by atoms with Crippen molar-refractivity contribution in [3.05, 3.63) is 58.4 Å². The van der Waals surface area contributed by atoms with Crippen molar-refractivity contribution in [3.63, 3.8) is 0 Å². The van der Waals surface area contributed by atoms with Gasteiger partial charge in [-0.25, -0.2) is 4.90 Å². The van der Waals surface area contributed by atoms with Gasteiger partial charge in [-0.1, -0.05) is 43.3 Å². The van der Waals surface area contributed by atoms with E-state index in [0.717, 1.165) is 18.6 Å². The van der Waals surface area contributed by atoms with Gasteiger partial charge in [0.05, 0.1) is 23.9 Å². The van der Waals surface area contributed by atoms with Crippen LogP contribution in [0, 0.1) is 0 Å². The minimum atomic E-state index is -0.894. The number of hydrogen-bond donors (Lipinski definition) is 1. The summed E-state index contributed by atoms with van der Waals surface area (Å²) in [4.78, 5) is 42.9. The zero-order chi connectivity index (χ0) is 25.1. The molecule has 0 unspecified atom stereocenters. The van der Waals surface area contributed by atoms with Crippen LogP contribution in [-0.4, -0.2) is 34.8 Å². The Labute approximate surface area is 207 Å². The third-order valence-corrected chi connectivity index (χ3v) is 6.54. The Balaban J connectivity index is 2.03. The molecule has 0 saturated heterocycles. The summed E-state index contributed by atoms with van der Waals surface area (Å²) in [6.45, 7) is 4.84. The highest BCUT2D eigenvalue weighted by Crippen LogP contribution is 2.42. The first kappa shape index (κ1) is 24.5. The summed E-state index contributed by atoms with van der Waals surface area (Å²) >= 11 is 1.44. The Morgan fingerprint density at radius 2 is 1.94 bits per heavy atom. The van der Waals surface area contributed by atoms with Crippen LogP contribution < -0.4 is 24.6 Å². The van der Waals surface area contributed by atoms with E-state index >= 15 is 0 Å². The van der Waals surface area contributed by atoms with Crippen molar-refractivity contribution in [3.8, 4) is 22.8 Å². The zero-order valence-electron chi connectivity index (χ0n) is 20.0. The summed E-state index contributed by atoms with van der Waals surface area (Å²) in [5.41, 5.74) is 1.57. The maximum atomic E-state index is 13.4. The quantitative estimate of drug-likeness (QED) is 0.176. The van der Waals surface area contributed by atoms with Crippen LogP contribution in [0.1, 0.15) is 45.3 Å². The molecule has 1 amide bonds. The summed E-state index contributed by atoms with van der Waals surface area (Å²) in [6.07, 6.45) is 1.09. The SMILES string of the molecule is CCCCSc1n[n+]2c(c(=O)[nH]1)-c1ccccc1N(C(C)=O)[C@@H]2c1cccc(OC)c1OC(C)=O. The van der Waals surface area contributed by atoms with E-state index in [1.807, 2.05) is 0 Å². The van der Waals surface area contributed by atoms with Crippen LogP contribution in [-0.2, 0) is 9.59 Å². The first-order chi connectivity index (χ1) is 16.9. The van der Waals surface area contributed by atoms with E-state index in [2.05, 4.69) is 11.9 Å². The summed E-state index contributed by atoms with van der Waals surface area (Å²) in [7, 11) is 1.47. The Bertz CT molecular complexity index is 1340. The van der Waals surface area contributed by atoms with Crippen molar-refractivity contribution in [2.24, 2.45) is 0 Å². The average Bonchev–Trinajstić information content (AvgIpc) is 2.83. The molecule has 2 heterocycles. The highest BCUT2D eigenvalue weighted by Gasteiger charge is 2.46. The predicted molar refractivity (Wildman–Crippen MR) is 132 cm³/mol. The van der Waals surface area contributed by atoms with Crippen molar-refractivity contribution in [1.82, 2.24) is 10.1 Å². The van der Waals surface area contributed by atoms with Crippen LogP contribution in [0.3, 0.4) is 0 Å². The van der Waals surface area contributed by atoms with Crippen LogP contribution >= 0.6 is 11.8 Å². The van der Waals surface area contributed by atoms with Crippen molar-refractivity contribution >= 4 is 29.3 Å². The molecule has 0 spiro atoms. The van der Waals surface area contributed by atoms with Gasteiger partial charge in [-0.15, -0.1) is 0 Å². The summed E-state index contributed by atoms with van der Waals surface area (Å²) < 4.78 is 12.6. The molecule has 10 heteroatoms. The lowest BCUT2D eigenvalue weighted by Gasteiger charge is -2.32. The number of rotatable bonds is 7. The molecule has 182 valence electrons. The smallest absolute Gasteiger partial charge is 0.325 e. The van der Waals surface area contributed by atoms with Crippen molar-refractivity contribution < 1.29 is 23.7 Å². The molecule has 2 aromatic carbocycles. The van der Waals surface area contributed by atoms with E-state index in [1.165, 1.54) is 32.7 Å². The van der Waals surface area contributed by atoms with Gasteiger partial charge in [0.15, 0.2) is 11.5 Å². The molecule has 0 radical (unpaired) electrons. The van der Waals surface area contributed by atoms with Crippen molar-refractivity contribution in [1.29, 1.82) is 0 Å². The molecule has 35 heavy (non-hydrogen) atoms. The number of nitrogens with one attached hydrogen (secondary N) is 1. The monoisotopic (exact) mass is 495 g/mol. The lowest BCUT2D eigenvalue weighted by molar-refractivity contribution is -0.763. The number of nitrogens with zero attached hydrogens (tertiary/aromatic N) is 3. The molecule has 4 rings (SSSR count). The number of carbonyl (C=O) groups excluding carboxylic acids is 2. The molecule has 3 aromatic rings. The number of thioether (sulfide) groups is 1. The minimum absolute atomic E-state index is 0.166. The third-order valence-electron chi connectivity index (χ3n) is 5.59.